The average molecular weight is 283 g/mol. The normalized spacial score (nSPS) is 19.5. The van der Waals surface area contributed by atoms with E-state index in [9.17, 15) is 8.42 Å². The van der Waals surface area contributed by atoms with Gasteiger partial charge in [0.15, 0.2) is 0 Å². The highest BCUT2D eigenvalue weighted by Crippen LogP contribution is 2.35. The third kappa shape index (κ3) is 2.66. The molecule has 1 fully saturated rings. The van der Waals surface area contributed by atoms with Crippen LogP contribution in [0.2, 0.25) is 0 Å². The zero-order chi connectivity index (χ0) is 13.9. The van der Waals surface area contributed by atoms with E-state index in [0.717, 1.165) is 32.1 Å². The molecule has 0 saturated heterocycles. The Labute approximate surface area is 114 Å². The molecular weight excluding hydrogens is 262 g/mol. The molecule has 0 unspecified atom stereocenters. The first-order valence-electron chi connectivity index (χ1n) is 6.62. The number of likely N-dealkylation sites (N-methyl/N-ethyl adjacent to an activating group) is 1. The van der Waals surface area contributed by atoms with Crippen molar-refractivity contribution in [1.29, 1.82) is 0 Å². The summed E-state index contributed by atoms with van der Waals surface area (Å²) in [6.45, 7) is 0.364. The van der Waals surface area contributed by atoms with Crippen molar-refractivity contribution in [3.63, 3.8) is 0 Å². The van der Waals surface area contributed by atoms with Crippen molar-refractivity contribution in [2.24, 2.45) is 5.73 Å². The number of rotatable bonds is 4. The molecule has 0 bridgehead atoms. The Morgan fingerprint density at radius 3 is 2.58 bits per heavy atom. The van der Waals surface area contributed by atoms with Crippen molar-refractivity contribution in [2.45, 2.75) is 42.5 Å². The van der Waals surface area contributed by atoms with Crippen molar-refractivity contribution < 1.29 is 8.42 Å². The van der Waals surface area contributed by atoms with E-state index < -0.39 is 15.6 Å². The smallest absolute Gasteiger partial charge is 0.244 e. The maximum Gasteiger partial charge on any atom is 0.244 e. The molecule has 1 aliphatic carbocycles. The molecule has 0 amide bonds. The molecule has 1 aromatic heterocycles. The molecule has 5 nitrogen and oxygen atoms in total. The van der Waals surface area contributed by atoms with Crippen LogP contribution in [0.3, 0.4) is 0 Å². The predicted molar refractivity (Wildman–Crippen MR) is 74.1 cm³/mol. The summed E-state index contributed by atoms with van der Waals surface area (Å²) >= 11 is 0. The Morgan fingerprint density at radius 2 is 2.05 bits per heavy atom. The number of nitrogens with zero attached hydrogens (tertiary/aromatic N) is 2. The van der Waals surface area contributed by atoms with Gasteiger partial charge in [-0.05, 0) is 25.0 Å². The zero-order valence-electron chi connectivity index (χ0n) is 11.2. The molecule has 19 heavy (non-hydrogen) atoms. The van der Waals surface area contributed by atoms with Gasteiger partial charge >= 0.3 is 0 Å². The first-order valence-corrected chi connectivity index (χ1v) is 8.06. The van der Waals surface area contributed by atoms with Gasteiger partial charge in [0.1, 0.15) is 4.90 Å². The highest BCUT2D eigenvalue weighted by Gasteiger charge is 2.41. The molecule has 2 N–H and O–H groups in total. The summed E-state index contributed by atoms with van der Waals surface area (Å²) in [5.41, 5.74) is 5.45. The molecule has 2 rings (SSSR count). The van der Waals surface area contributed by atoms with Gasteiger partial charge in [0.2, 0.25) is 10.0 Å². The second-order valence-electron chi connectivity index (χ2n) is 5.15. The maximum absolute atomic E-state index is 12.6. The van der Waals surface area contributed by atoms with Gasteiger partial charge in [0.05, 0.1) is 0 Å². The molecule has 6 heteroatoms. The van der Waals surface area contributed by atoms with Crippen LogP contribution in [0, 0.1) is 0 Å². The molecule has 106 valence electrons. The molecule has 0 aliphatic heterocycles. The van der Waals surface area contributed by atoms with E-state index in [0.29, 0.717) is 6.54 Å². The average Bonchev–Trinajstić information content (AvgIpc) is 2.48. The van der Waals surface area contributed by atoms with Crippen molar-refractivity contribution in [3.8, 4) is 0 Å². The molecule has 1 aliphatic rings. The largest absolute Gasteiger partial charge is 0.329 e. The van der Waals surface area contributed by atoms with Crippen LogP contribution in [0.5, 0.6) is 0 Å². The minimum absolute atomic E-state index is 0.232. The van der Waals surface area contributed by atoms with Gasteiger partial charge in [-0.25, -0.2) is 8.42 Å². The van der Waals surface area contributed by atoms with Gasteiger partial charge < -0.3 is 5.73 Å². The zero-order valence-corrected chi connectivity index (χ0v) is 12.1. The van der Waals surface area contributed by atoms with Gasteiger partial charge in [-0.15, -0.1) is 0 Å². The fourth-order valence-corrected chi connectivity index (χ4v) is 4.30. The lowest BCUT2D eigenvalue weighted by Crippen LogP contribution is -2.55. The second-order valence-corrected chi connectivity index (χ2v) is 7.12. The van der Waals surface area contributed by atoms with Crippen molar-refractivity contribution in [2.75, 3.05) is 13.6 Å². The van der Waals surface area contributed by atoms with Crippen LogP contribution in [-0.2, 0) is 10.0 Å². The maximum atomic E-state index is 12.6. The van der Waals surface area contributed by atoms with Gasteiger partial charge in [-0.3, -0.25) is 4.98 Å². The molecule has 0 aromatic carbocycles. The predicted octanol–water partition coefficient (Wildman–Crippen LogP) is 1.36. The van der Waals surface area contributed by atoms with Crippen LogP contribution in [0.4, 0.5) is 0 Å². The number of pyridine rings is 1. The van der Waals surface area contributed by atoms with Crippen molar-refractivity contribution >= 4 is 10.0 Å². The Kier molecular flexibility index (Phi) is 4.23. The minimum atomic E-state index is -3.52. The molecule has 1 saturated carbocycles. The van der Waals surface area contributed by atoms with Gasteiger partial charge in [0.25, 0.3) is 0 Å². The molecule has 1 heterocycles. The number of aromatic nitrogens is 1. The SMILES string of the molecule is CN(C1(CN)CCCCC1)S(=O)(=O)c1cccnc1. The monoisotopic (exact) mass is 283 g/mol. The summed E-state index contributed by atoms with van der Waals surface area (Å²) < 4.78 is 26.7. The Balaban J connectivity index is 2.34. The van der Waals surface area contributed by atoms with E-state index in [1.54, 1.807) is 25.4 Å². The second kappa shape index (κ2) is 5.56. The highest BCUT2D eigenvalue weighted by atomic mass is 32.2. The number of hydrogen-bond donors (Lipinski definition) is 1. The lowest BCUT2D eigenvalue weighted by Gasteiger charge is -2.42. The topological polar surface area (TPSA) is 76.3 Å². The highest BCUT2D eigenvalue weighted by molar-refractivity contribution is 7.89. The van der Waals surface area contributed by atoms with Crippen LogP contribution < -0.4 is 5.73 Å². The molecule has 0 radical (unpaired) electrons. The van der Waals surface area contributed by atoms with E-state index in [2.05, 4.69) is 4.98 Å². The fourth-order valence-electron chi connectivity index (χ4n) is 2.77. The third-order valence-corrected chi connectivity index (χ3v) is 6.07. The first-order chi connectivity index (χ1) is 9.03. The summed E-state index contributed by atoms with van der Waals surface area (Å²) in [4.78, 5) is 4.12. The lowest BCUT2D eigenvalue weighted by molar-refractivity contribution is 0.159. The van der Waals surface area contributed by atoms with E-state index in [1.165, 1.54) is 10.5 Å². The molecular formula is C13H21N3O2S. The molecule has 0 atom stereocenters. The number of nitrogens with two attached hydrogens (primary N) is 1. The quantitative estimate of drug-likeness (QED) is 0.905. The summed E-state index contributed by atoms with van der Waals surface area (Å²) in [7, 11) is -1.88. The summed E-state index contributed by atoms with van der Waals surface area (Å²) in [5.74, 6) is 0. The molecule has 0 spiro atoms. The van der Waals surface area contributed by atoms with Gasteiger partial charge in [0, 0.05) is 31.5 Å². The van der Waals surface area contributed by atoms with Crippen molar-refractivity contribution in [1.82, 2.24) is 9.29 Å². The van der Waals surface area contributed by atoms with Gasteiger partial charge in [-0.2, -0.15) is 4.31 Å². The van der Waals surface area contributed by atoms with E-state index in [4.69, 9.17) is 5.73 Å². The Hall–Kier alpha value is -0.980. The molecule has 1 aromatic rings. The van der Waals surface area contributed by atoms with E-state index >= 15 is 0 Å². The van der Waals surface area contributed by atoms with E-state index in [1.807, 2.05) is 0 Å². The first kappa shape index (κ1) is 14.4. The Morgan fingerprint density at radius 1 is 1.37 bits per heavy atom. The summed E-state index contributed by atoms with van der Waals surface area (Å²) in [6, 6.07) is 3.21. The van der Waals surface area contributed by atoms with Crippen LogP contribution in [0.1, 0.15) is 32.1 Å². The third-order valence-electron chi connectivity index (χ3n) is 4.13. The summed E-state index contributed by atoms with van der Waals surface area (Å²) in [5, 5.41) is 0. The van der Waals surface area contributed by atoms with Crippen LogP contribution in [-0.4, -0.2) is 36.8 Å². The summed E-state index contributed by atoms with van der Waals surface area (Å²) in [6.07, 6.45) is 7.84. The van der Waals surface area contributed by atoms with Crippen LogP contribution >= 0.6 is 0 Å². The fraction of sp³-hybridized carbons (Fsp3) is 0.615. The van der Waals surface area contributed by atoms with Crippen molar-refractivity contribution in [3.05, 3.63) is 24.5 Å². The standard InChI is InChI=1S/C13H21N3O2S/c1-16(13(11-14)7-3-2-4-8-13)19(17,18)12-6-5-9-15-10-12/h5-6,9-10H,2-4,7-8,11,14H2,1H3. The lowest BCUT2D eigenvalue weighted by atomic mass is 9.82. The number of hydrogen-bond acceptors (Lipinski definition) is 4. The van der Waals surface area contributed by atoms with Gasteiger partial charge in [-0.1, -0.05) is 19.3 Å². The van der Waals surface area contributed by atoms with Crippen LogP contribution in [0.15, 0.2) is 29.4 Å². The van der Waals surface area contributed by atoms with Crippen LogP contribution in [0.25, 0.3) is 0 Å². The van der Waals surface area contributed by atoms with E-state index in [-0.39, 0.29) is 4.90 Å². The minimum Gasteiger partial charge on any atom is -0.329 e. The number of sulfonamides is 1. The Bertz CT molecular complexity index is 510.